The van der Waals surface area contributed by atoms with Gasteiger partial charge in [-0.05, 0) is 74.9 Å². The maximum absolute atomic E-state index is 14.0. The van der Waals surface area contributed by atoms with Crippen molar-refractivity contribution < 1.29 is 19.1 Å². The third-order valence-electron chi connectivity index (χ3n) is 7.42. The van der Waals surface area contributed by atoms with Crippen molar-refractivity contribution in [1.82, 2.24) is 4.90 Å². The number of fused-ring (bicyclic) bond motifs is 1. The molecular formula is C26H33N3O4. The van der Waals surface area contributed by atoms with Crippen LogP contribution in [0.1, 0.15) is 49.3 Å². The molecule has 1 aliphatic carbocycles. The second-order valence-corrected chi connectivity index (χ2v) is 9.47. The lowest BCUT2D eigenvalue weighted by Crippen LogP contribution is -2.52. The Morgan fingerprint density at radius 3 is 2.24 bits per heavy atom. The summed E-state index contributed by atoms with van der Waals surface area (Å²) in [5.41, 5.74) is 9.84. The number of benzene rings is 2. The van der Waals surface area contributed by atoms with E-state index >= 15 is 0 Å². The molecule has 1 aliphatic heterocycles. The maximum Gasteiger partial charge on any atom is 0.329 e. The van der Waals surface area contributed by atoms with Crippen molar-refractivity contribution in [2.45, 2.75) is 59.0 Å². The number of hydrogen-bond donors (Lipinski definition) is 1. The second kappa shape index (κ2) is 8.61. The van der Waals surface area contributed by atoms with Crippen LogP contribution < -0.4 is 20.1 Å². The van der Waals surface area contributed by atoms with E-state index in [1.807, 2.05) is 49.1 Å². The number of carbonyl (C=O) groups excluding carboxylic acids is 2. The van der Waals surface area contributed by atoms with Crippen LogP contribution in [0.2, 0.25) is 0 Å². The number of aryl methyl sites for hydroxylation is 2. The number of nitrogens with zero attached hydrogens (tertiary/aromatic N) is 2. The monoisotopic (exact) mass is 451 g/mol. The average Bonchev–Trinajstić information content (AvgIpc) is 2.80. The van der Waals surface area contributed by atoms with Crippen LogP contribution in [0, 0.1) is 19.3 Å². The molecule has 0 spiro atoms. The smallest absolute Gasteiger partial charge is 0.329 e. The molecule has 7 nitrogen and oxygen atoms in total. The minimum absolute atomic E-state index is 0.0468. The molecule has 176 valence electrons. The number of primary amides is 1. The summed E-state index contributed by atoms with van der Waals surface area (Å²) in [6, 6.07) is 9.68. The zero-order chi connectivity index (χ0) is 23.9. The zero-order valence-corrected chi connectivity index (χ0v) is 20.1. The van der Waals surface area contributed by atoms with Crippen molar-refractivity contribution in [2.75, 3.05) is 19.1 Å². The molecule has 1 fully saturated rings. The summed E-state index contributed by atoms with van der Waals surface area (Å²) in [7, 11) is 3.27. The highest BCUT2D eigenvalue weighted by Crippen LogP contribution is 2.46. The molecule has 1 saturated carbocycles. The first kappa shape index (κ1) is 23.0. The van der Waals surface area contributed by atoms with Gasteiger partial charge in [0.1, 0.15) is 11.5 Å². The molecule has 3 amide bonds. The highest BCUT2D eigenvalue weighted by molar-refractivity contribution is 6.04. The zero-order valence-electron chi connectivity index (χ0n) is 20.1. The molecule has 7 heteroatoms. The number of nitrogens with two attached hydrogens (primary N) is 1. The van der Waals surface area contributed by atoms with Crippen LogP contribution in [0.3, 0.4) is 0 Å². The third kappa shape index (κ3) is 3.90. The van der Waals surface area contributed by atoms with Crippen LogP contribution >= 0.6 is 0 Å². The number of hydrogen-bond acceptors (Lipinski definition) is 4. The van der Waals surface area contributed by atoms with Crippen molar-refractivity contribution in [2.24, 2.45) is 11.1 Å². The van der Waals surface area contributed by atoms with Gasteiger partial charge in [-0.25, -0.2) is 4.79 Å². The molecule has 33 heavy (non-hydrogen) atoms. The third-order valence-corrected chi connectivity index (χ3v) is 7.42. The number of carbonyl (C=O) groups is 2. The van der Waals surface area contributed by atoms with E-state index in [2.05, 4.69) is 6.92 Å². The van der Waals surface area contributed by atoms with Gasteiger partial charge in [0.05, 0.1) is 32.1 Å². The van der Waals surface area contributed by atoms with Gasteiger partial charge in [0, 0.05) is 17.0 Å². The Morgan fingerprint density at radius 1 is 1.03 bits per heavy atom. The Balaban J connectivity index is 1.77. The molecule has 0 radical (unpaired) electrons. The second-order valence-electron chi connectivity index (χ2n) is 9.47. The van der Waals surface area contributed by atoms with Crippen molar-refractivity contribution >= 4 is 23.3 Å². The van der Waals surface area contributed by atoms with Crippen LogP contribution in [-0.2, 0) is 11.3 Å². The normalized spacial score (nSPS) is 22.7. The number of anilines is 2. The van der Waals surface area contributed by atoms with E-state index < -0.39 is 5.41 Å². The fourth-order valence-electron chi connectivity index (χ4n) is 5.11. The van der Waals surface area contributed by atoms with E-state index in [1.54, 1.807) is 19.1 Å². The summed E-state index contributed by atoms with van der Waals surface area (Å²) in [5.74, 6) is 1.18. The quantitative estimate of drug-likeness (QED) is 0.706. The number of methoxy groups -OCH3 is 2. The van der Waals surface area contributed by atoms with E-state index in [9.17, 15) is 9.59 Å². The number of amides is 3. The molecule has 0 bridgehead atoms. The molecular weight excluding hydrogens is 418 g/mol. The summed E-state index contributed by atoms with van der Waals surface area (Å²) in [5, 5.41) is 0. The fraction of sp³-hybridized carbons (Fsp3) is 0.462. The minimum Gasteiger partial charge on any atom is -0.496 e. The highest BCUT2D eigenvalue weighted by Gasteiger charge is 2.42. The highest BCUT2D eigenvalue weighted by atomic mass is 16.5. The summed E-state index contributed by atoms with van der Waals surface area (Å²) in [6.45, 7) is 6.48. The van der Waals surface area contributed by atoms with Gasteiger partial charge in [-0.1, -0.05) is 13.0 Å². The van der Waals surface area contributed by atoms with Gasteiger partial charge in [-0.2, -0.15) is 0 Å². The molecule has 0 atom stereocenters. The lowest BCUT2D eigenvalue weighted by molar-refractivity contribution is -0.129. The minimum atomic E-state index is -0.501. The summed E-state index contributed by atoms with van der Waals surface area (Å²) < 4.78 is 11.1. The first-order valence-electron chi connectivity index (χ1n) is 11.4. The van der Waals surface area contributed by atoms with E-state index in [0.717, 1.165) is 46.7 Å². The van der Waals surface area contributed by atoms with Crippen molar-refractivity contribution in [3.05, 3.63) is 47.0 Å². The van der Waals surface area contributed by atoms with Gasteiger partial charge in [-0.3, -0.25) is 9.69 Å². The van der Waals surface area contributed by atoms with E-state index in [4.69, 9.17) is 15.2 Å². The molecule has 2 aromatic rings. The molecule has 0 aromatic heterocycles. The summed E-state index contributed by atoms with van der Waals surface area (Å²) in [4.78, 5) is 29.7. The molecule has 2 N–H and O–H groups in total. The predicted octanol–water partition coefficient (Wildman–Crippen LogP) is 4.83. The summed E-state index contributed by atoms with van der Waals surface area (Å²) in [6.07, 6.45) is 2.86. The van der Waals surface area contributed by atoms with Crippen molar-refractivity contribution in [3.8, 4) is 11.5 Å². The lowest BCUT2D eigenvalue weighted by atomic mass is 9.73. The van der Waals surface area contributed by atoms with E-state index in [-0.39, 0.29) is 18.0 Å². The Labute approximate surface area is 195 Å². The van der Waals surface area contributed by atoms with Gasteiger partial charge in [0.2, 0.25) is 5.91 Å². The first-order chi connectivity index (χ1) is 15.7. The molecule has 4 rings (SSSR count). The van der Waals surface area contributed by atoms with Crippen LogP contribution in [0.4, 0.5) is 16.2 Å². The Morgan fingerprint density at radius 2 is 1.67 bits per heavy atom. The molecule has 0 unspecified atom stereocenters. The van der Waals surface area contributed by atoms with E-state index in [1.165, 1.54) is 0 Å². The van der Waals surface area contributed by atoms with Crippen LogP contribution in [0.25, 0.3) is 0 Å². The molecule has 2 aliphatic rings. The van der Waals surface area contributed by atoms with Gasteiger partial charge in [-0.15, -0.1) is 0 Å². The predicted molar refractivity (Wildman–Crippen MR) is 128 cm³/mol. The van der Waals surface area contributed by atoms with Gasteiger partial charge >= 0.3 is 6.03 Å². The maximum atomic E-state index is 14.0. The number of urea groups is 1. The standard InChI is InChI=1S/C26H33N3O4/c1-16-6-8-22(33-5)23-20(16)15-28(18-10-12-26(3,13-11-18)24(27)30)25(31)29(23)19-7-9-21(32-4)17(2)14-19/h6-9,14,18H,10-13,15H2,1-5H3,(H2,27,30). The molecule has 2 aromatic carbocycles. The first-order valence-corrected chi connectivity index (χ1v) is 11.4. The van der Waals surface area contributed by atoms with Crippen LogP contribution in [-0.4, -0.2) is 37.1 Å². The SMILES string of the molecule is COc1ccc(N2C(=O)N(C3CCC(C)(C(N)=O)CC3)Cc3c(C)ccc(OC)c32)cc1C. The van der Waals surface area contributed by atoms with Crippen LogP contribution in [0.5, 0.6) is 11.5 Å². The van der Waals surface area contributed by atoms with Crippen LogP contribution in [0.15, 0.2) is 30.3 Å². The van der Waals surface area contributed by atoms with Crippen molar-refractivity contribution in [3.63, 3.8) is 0 Å². The van der Waals surface area contributed by atoms with E-state index in [0.29, 0.717) is 25.1 Å². The molecule has 0 saturated heterocycles. The summed E-state index contributed by atoms with van der Waals surface area (Å²) >= 11 is 0. The Kier molecular flexibility index (Phi) is 5.99. The van der Waals surface area contributed by atoms with Gasteiger partial charge in [0.25, 0.3) is 0 Å². The Bertz CT molecular complexity index is 1090. The topological polar surface area (TPSA) is 85.1 Å². The number of ether oxygens (including phenoxy) is 2. The Hall–Kier alpha value is -3.22. The fourth-order valence-corrected chi connectivity index (χ4v) is 5.11. The number of rotatable bonds is 5. The lowest BCUT2D eigenvalue weighted by Gasteiger charge is -2.45. The van der Waals surface area contributed by atoms with Gasteiger partial charge < -0.3 is 20.1 Å². The van der Waals surface area contributed by atoms with Gasteiger partial charge in [0.15, 0.2) is 0 Å². The van der Waals surface area contributed by atoms with Crippen molar-refractivity contribution in [1.29, 1.82) is 0 Å². The molecule has 1 heterocycles. The average molecular weight is 452 g/mol. The largest absolute Gasteiger partial charge is 0.496 e.